The first kappa shape index (κ1) is 14.7. The van der Waals surface area contributed by atoms with Crippen molar-refractivity contribution in [2.45, 2.75) is 19.9 Å². The molecular weight excluding hydrogens is 279 g/mol. The highest BCUT2D eigenvalue weighted by Crippen LogP contribution is 2.21. The average Bonchev–Trinajstić information content (AvgIpc) is 2.85. The van der Waals surface area contributed by atoms with E-state index in [1.807, 2.05) is 0 Å². The summed E-state index contributed by atoms with van der Waals surface area (Å²) in [5, 5.41) is 13.4. The van der Waals surface area contributed by atoms with Crippen molar-refractivity contribution in [3.05, 3.63) is 63.3 Å². The number of nitrogens with one attached hydrogen (secondary N) is 1. The van der Waals surface area contributed by atoms with Gasteiger partial charge in [0.2, 0.25) is 0 Å². The lowest BCUT2D eigenvalue weighted by Gasteiger charge is -2.11. The van der Waals surface area contributed by atoms with Crippen molar-refractivity contribution in [2.75, 3.05) is 0 Å². The second-order valence-electron chi connectivity index (χ2n) is 4.56. The van der Waals surface area contributed by atoms with E-state index in [0.717, 1.165) is 18.2 Å². The minimum absolute atomic E-state index is 0.324. The van der Waals surface area contributed by atoms with E-state index in [2.05, 4.69) is 5.32 Å². The highest BCUT2D eigenvalue weighted by molar-refractivity contribution is 5.98. The van der Waals surface area contributed by atoms with E-state index >= 15 is 0 Å². The number of nitrogens with zero attached hydrogens (tertiary/aromatic N) is 1. The van der Waals surface area contributed by atoms with Crippen LogP contribution in [0.25, 0.3) is 0 Å². The summed E-state index contributed by atoms with van der Waals surface area (Å²) in [6.07, 6.45) is 0. The molecule has 0 fully saturated rings. The third kappa shape index (κ3) is 3.25. The van der Waals surface area contributed by atoms with Crippen LogP contribution < -0.4 is 5.32 Å². The number of aryl methyl sites for hydroxylation is 1. The van der Waals surface area contributed by atoms with E-state index in [-0.39, 0.29) is 5.56 Å². The van der Waals surface area contributed by atoms with Crippen molar-refractivity contribution < 1.29 is 18.5 Å². The summed E-state index contributed by atoms with van der Waals surface area (Å²) in [4.78, 5) is 22.2. The van der Waals surface area contributed by atoms with E-state index in [1.165, 1.54) is 0 Å². The van der Waals surface area contributed by atoms with Gasteiger partial charge in [0.1, 0.15) is 22.9 Å². The molecule has 0 aliphatic carbocycles. The second-order valence-corrected chi connectivity index (χ2v) is 4.56. The lowest BCUT2D eigenvalue weighted by Crippen LogP contribution is -2.27. The Bertz CT molecular complexity index is 696. The van der Waals surface area contributed by atoms with Crippen molar-refractivity contribution in [2.24, 2.45) is 0 Å². The molecule has 0 bridgehead atoms. The van der Waals surface area contributed by atoms with Gasteiger partial charge in [-0.2, -0.15) is 0 Å². The van der Waals surface area contributed by atoms with Gasteiger partial charge >= 0.3 is 0 Å². The molecule has 1 heterocycles. The third-order valence-corrected chi connectivity index (χ3v) is 2.94. The summed E-state index contributed by atoms with van der Waals surface area (Å²) in [5.74, 6) is -0.252. The first-order chi connectivity index (χ1) is 9.88. The maximum Gasteiger partial charge on any atom is 0.282 e. The molecule has 0 radical (unpaired) electrons. The molecular formula is C14H13FN2O4. The number of halogens is 1. The predicted octanol–water partition coefficient (Wildman–Crippen LogP) is 3.13. The van der Waals surface area contributed by atoms with Gasteiger partial charge in [-0.1, -0.05) is 0 Å². The summed E-state index contributed by atoms with van der Waals surface area (Å²) in [5.41, 5.74) is -0.771. The van der Waals surface area contributed by atoms with Gasteiger partial charge in [0, 0.05) is 6.07 Å². The molecule has 1 atom stereocenters. The number of nitro groups is 1. The van der Waals surface area contributed by atoms with Crippen LogP contribution in [0.5, 0.6) is 0 Å². The smallest absolute Gasteiger partial charge is 0.282 e. The Morgan fingerprint density at radius 1 is 1.38 bits per heavy atom. The van der Waals surface area contributed by atoms with Crippen LogP contribution in [0, 0.1) is 22.9 Å². The van der Waals surface area contributed by atoms with Crippen molar-refractivity contribution >= 4 is 11.6 Å². The van der Waals surface area contributed by atoms with Gasteiger partial charge in [-0.25, -0.2) is 4.39 Å². The summed E-state index contributed by atoms with van der Waals surface area (Å²) >= 11 is 0. The highest BCUT2D eigenvalue weighted by Gasteiger charge is 2.23. The number of nitro benzene ring substituents is 1. The number of rotatable bonds is 4. The zero-order valence-electron chi connectivity index (χ0n) is 11.4. The SMILES string of the molecule is Cc1ccc(C(C)NC(=O)c2cc(F)ccc2[N+](=O)[O-])o1. The fourth-order valence-corrected chi connectivity index (χ4v) is 1.88. The molecule has 110 valence electrons. The number of hydrogen-bond acceptors (Lipinski definition) is 4. The summed E-state index contributed by atoms with van der Waals surface area (Å²) in [7, 11) is 0. The molecule has 0 spiro atoms. The summed E-state index contributed by atoms with van der Waals surface area (Å²) in [6, 6.07) is 5.69. The zero-order valence-corrected chi connectivity index (χ0v) is 11.4. The molecule has 6 nitrogen and oxygen atoms in total. The number of hydrogen-bond donors (Lipinski definition) is 1. The summed E-state index contributed by atoms with van der Waals surface area (Å²) < 4.78 is 18.6. The highest BCUT2D eigenvalue weighted by atomic mass is 19.1. The van der Waals surface area contributed by atoms with E-state index in [9.17, 15) is 19.3 Å². The van der Waals surface area contributed by atoms with Gasteiger partial charge in [0.25, 0.3) is 11.6 Å². The normalized spacial score (nSPS) is 12.0. The standard InChI is InChI=1S/C14H13FN2O4/c1-8-3-6-13(21-8)9(2)16-14(18)11-7-10(15)4-5-12(11)17(19)20/h3-7,9H,1-2H3,(H,16,18). The Morgan fingerprint density at radius 2 is 2.10 bits per heavy atom. The van der Waals surface area contributed by atoms with Crippen molar-refractivity contribution in [1.29, 1.82) is 0 Å². The third-order valence-electron chi connectivity index (χ3n) is 2.94. The predicted molar refractivity (Wildman–Crippen MR) is 72.4 cm³/mol. The Hall–Kier alpha value is -2.70. The van der Waals surface area contributed by atoms with Gasteiger partial charge in [-0.15, -0.1) is 0 Å². The summed E-state index contributed by atoms with van der Waals surface area (Å²) in [6.45, 7) is 3.43. The molecule has 0 aliphatic heterocycles. The van der Waals surface area contributed by atoms with Crippen LogP contribution in [0.3, 0.4) is 0 Å². The van der Waals surface area contributed by atoms with Crippen molar-refractivity contribution in [1.82, 2.24) is 5.32 Å². The van der Waals surface area contributed by atoms with Crippen LogP contribution in [0.4, 0.5) is 10.1 Å². The number of benzene rings is 1. The van der Waals surface area contributed by atoms with Crippen LogP contribution in [0.15, 0.2) is 34.7 Å². The zero-order chi connectivity index (χ0) is 15.6. The van der Waals surface area contributed by atoms with Crippen LogP contribution >= 0.6 is 0 Å². The van der Waals surface area contributed by atoms with Gasteiger partial charge in [0.05, 0.1) is 11.0 Å². The molecule has 21 heavy (non-hydrogen) atoms. The Labute approximate surface area is 119 Å². The van der Waals surface area contributed by atoms with Crippen molar-refractivity contribution in [3.63, 3.8) is 0 Å². The molecule has 0 aliphatic rings. The first-order valence-corrected chi connectivity index (χ1v) is 6.19. The minimum Gasteiger partial charge on any atom is -0.464 e. The van der Waals surface area contributed by atoms with Crippen LogP contribution in [-0.2, 0) is 0 Å². The maximum absolute atomic E-state index is 13.2. The largest absolute Gasteiger partial charge is 0.464 e. The van der Waals surface area contributed by atoms with Gasteiger partial charge < -0.3 is 9.73 Å². The number of amides is 1. The monoisotopic (exact) mass is 292 g/mol. The van der Waals surface area contributed by atoms with E-state index in [1.54, 1.807) is 26.0 Å². The van der Waals surface area contributed by atoms with Crippen LogP contribution in [0.1, 0.15) is 34.8 Å². The molecule has 1 N–H and O–H groups in total. The van der Waals surface area contributed by atoms with Crippen molar-refractivity contribution in [3.8, 4) is 0 Å². The number of carbonyl (C=O) groups is 1. The first-order valence-electron chi connectivity index (χ1n) is 6.19. The lowest BCUT2D eigenvalue weighted by atomic mass is 10.1. The Kier molecular flexibility index (Phi) is 4.02. The van der Waals surface area contributed by atoms with Crippen LogP contribution in [-0.4, -0.2) is 10.8 Å². The number of carbonyl (C=O) groups excluding carboxylic acids is 1. The molecule has 7 heteroatoms. The molecule has 2 rings (SSSR count). The van der Waals surface area contributed by atoms with E-state index in [0.29, 0.717) is 11.5 Å². The van der Waals surface area contributed by atoms with Gasteiger partial charge in [0.15, 0.2) is 0 Å². The molecule has 1 aromatic heterocycles. The van der Waals surface area contributed by atoms with Crippen LogP contribution in [0.2, 0.25) is 0 Å². The molecule has 1 aromatic carbocycles. The molecule has 0 saturated carbocycles. The Morgan fingerprint density at radius 3 is 2.67 bits per heavy atom. The van der Waals surface area contributed by atoms with Gasteiger partial charge in [-0.05, 0) is 38.1 Å². The van der Waals surface area contributed by atoms with Gasteiger partial charge in [-0.3, -0.25) is 14.9 Å². The van der Waals surface area contributed by atoms with E-state index < -0.39 is 28.4 Å². The lowest BCUT2D eigenvalue weighted by molar-refractivity contribution is -0.385. The quantitative estimate of drug-likeness (QED) is 0.693. The number of furan rings is 1. The molecule has 0 saturated heterocycles. The second kappa shape index (κ2) is 5.74. The topological polar surface area (TPSA) is 85.4 Å². The molecule has 1 amide bonds. The fraction of sp³-hybridized carbons (Fsp3) is 0.214. The average molecular weight is 292 g/mol. The molecule has 1 unspecified atom stereocenters. The van der Waals surface area contributed by atoms with E-state index in [4.69, 9.17) is 4.42 Å². The minimum atomic E-state index is -0.734. The maximum atomic E-state index is 13.2. The molecule has 2 aromatic rings. The Balaban J connectivity index is 2.24. The fourth-order valence-electron chi connectivity index (χ4n) is 1.88.